The Bertz CT molecular complexity index is 571. The fourth-order valence-corrected chi connectivity index (χ4v) is 2.57. The summed E-state index contributed by atoms with van der Waals surface area (Å²) in [6.07, 6.45) is 11.4. The number of nitrogens with one attached hydrogen (secondary N) is 1. The molecule has 0 bridgehead atoms. The van der Waals surface area contributed by atoms with Crippen LogP contribution in [-0.2, 0) is 6.54 Å². The first kappa shape index (κ1) is 13.8. The highest BCUT2D eigenvalue weighted by molar-refractivity contribution is 5.29. The van der Waals surface area contributed by atoms with Gasteiger partial charge in [-0.25, -0.2) is 14.6 Å². The van der Waals surface area contributed by atoms with Crippen LogP contribution in [0.5, 0.6) is 0 Å². The topological polar surface area (TPSA) is 58.9 Å². The van der Waals surface area contributed by atoms with E-state index in [0.717, 1.165) is 38.4 Å². The Balaban J connectivity index is 1.46. The molecule has 2 aromatic rings. The van der Waals surface area contributed by atoms with Gasteiger partial charge in [0.2, 0.25) is 5.95 Å². The van der Waals surface area contributed by atoms with Gasteiger partial charge in [-0.05, 0) is 18.9 Å². The Morgan fingerprint density at radius 1 is 1.29 bits per heavy atom. The van der Waals surface area contributed by atoms with Gasteiger partial charge in [0.05, 0.1) is 6.20 Å². The van der Waals surface area contributed by atoms with Crippen molar-refractivity contribution in [3.63, 3.8) is 0 Å². The van der Waals surface area contributed by atoms with Crippen molar-refractivity contribution in [3.8, 4) is 0 Å². The quantitative estimate of drug-likeness (QED) is 0.902. The Morgan fingerprint density at radius 2 is 2.05 bits per heavy atom. The van der Waals surface area contributed by atoms with Crippen LogP contribution < -0.4 is 10.2 Å². The molecule has 0 unspecified atom stereocenters. The van der Waals surface area contributed by atoms with Crippen LogP contribution in [0.4, 0.5) is 5.95 Å². The Kier molecular flexibility index (Phi) is 4.25. The molecule has 110 valence electrons. The summed E-state index contributed by atoms with van der Waals surface area (Å²) in [5.41, 5.74) is 1.18. The van der Waals surface area contributed by atoms with Gasteiger partial charge in [-0.3, -0.25) is 0 Å². The second-order valence-corrected chi connectivity index (χ2v) is 5.20. The normalized spacial score (nSPS) is 16.1. The maximum Gasteiger partial charge on any atom is 0.225 e. The molecular formula is C15H20N6. The highest BCUT2D eigenvalue weighted by Crippen LogP contribution is 2.15. The molecule has 0 spiro atoms. The average Bonchev–Trinajstić information content (AvgIpc) is 3.02. The summed E-state index contributed by atoms with van der Waals surface area (Å²) in [7, 11) is 0. The smallest absolute Gasteiger partial charge is 0.225 e. The number of nitrogens with zero attached hydrogens (tertiary/aromatic N) is 5. The molecule has 1 N–H and O–H groups in total. The lowest BCUT2D eigenvalue weighted by atomic mass is 10.1. The molecule has 1 aliphatic rings. The van der Waals surface area contributed by atoms with Crippen molar-refractivity contribution in [1.29, 1.82) is 0 Å². The Hall–Kier alpha value is -2.21. The van der Waals surface area contributed by atoms with Crippen molar-refractivity contribution in [2.45, 2.75) is 25.4 Å². The summed E-state index contributed by atoms with van der Waals surface area (Å²) < 4.78 is 1.73. The number of hydrogen-bond acceptors (Lipinski definition) is 5. The van der Waals surface area contributed by atoms with E-state index < -0.39 is 0 Å². The summed E-state index contributed by atoms with van der Waals surface area (Å²) in [6, 6.07) is 2.39. The van der Waals surface area contributed by atoms with E-state index in [4.69, 9.17) is 0 Å². The second-order valence-electron chi connectivity index (χ2n) is 5.20. The van der Waals surface area contributed by atoms with Crippen molar-refractivity contribution >= 4 is 12.1 Å². The fraction of sp³-hybridized carbons (Fsp3) is 0.400. The molecule has 0 aromatic carbocycles. The summed E-state index contributed by atoms with van der Waals surface area (Å²) in [6.45, 7) is 6.53. The predicted octanol–water partition coefficient (Wildman–Crippen LogP) is 1.53. The summed E-state index contributed by atoms with van der Waals surface area (Å²) in [4.78, 5) is 10.9. The molecule has 0 radical (unpaired) electrons. The molecule has 6 nitrogen and oxygen atoms in total. The van der Waals surface area contributed by atoms with E-state index in [1.165, 1.54) is 5.56 Å². The first-order valence-electron chi connectivity index (χ1n) is 7.26. The third kappa shape index (κ3) is 3.46. The number of aromatic nitrogens is 4. The van der Waals surface area contributed by atoms with Gasteiger partial charge in [-0.15, -0.1) is 0 Å². The van der Waals surface area contributed by atoms with Gasteiger partial charge in [-0.1, -0.05) is 6.58 Å². The molecule has 6 heteroatoms. The van der Waals surface area contributed by atoms with Crippen molar-refractivity contribution < 1.29 is 0 Å². The Morgan fingerprint density at radius 3 is 2.71 bits per heavy atom. The first-order chi connectivity index (χ1) is 10.3. The number of anilines is 1. The largest absolute Gasteiger partial charge is 0.341 e. The molecule has 2 aromatic heterocycles. The lowest BCUT2D eigenvalue weighted by Crippen LogP contribution is -2.42. The van der Waals surface area contributed by atoms with Gasteiger partial charge in [0, 0.05) is 56.0 Å². The lowest BCUT2D eigenvalue weighted by Gasteiger charge is -2.32. The second kappa shape index (κ2) is 6.49. The van der Waals surface area contributed by atoms with E-state index in [2.05, 4.69) is 31.9 Å². The van der Waals surface area contributed by atoms with Crippen LogP contribution in [0.2, 0.25) is 0 Å². The third-order valence-corrected chi connectivity index (χ3v) is 3.77. The van der Waals surface area contributed by atoms with Gasteiger partial charge in [0.25, 0.3) is 0 Å². The van der Waals surface area contributed by atoms with E-state index >= 15 is 0 Å². The zero-order valence-electron chi connectivity index (χ0n) is 12.0. The van der Waals surface area contributed by atoms with E-state index in [9.17, 15) is 0 Å². The molecule has 21 heavy (non-hydrogen) atoms. The van der Waals surface area contributed by atoms with Gasteiger partial charge >= 0.3 is 0 Å². The molecule has 3 heterocycles. The zero-order chi connectivity index (χ0) is 14.5. The summed E-state index contributed by atoms with van der Waals surface area (Å²) >= 11 is 0. The van der Waals surface area contributed by atoms with Crippen LogP contribution in [0.3, 0.4) is 0 Å². The van der Waals surface area contributed by atoms with E-state index in [1.807, 2.05) is 18.5 Å². The van der Waals surface area contributed by atoms with Crippen molar-refractivity contribution in [1.82, 2.24) is 25.1 Å². The summed E-state index contributed by atoms with van der Waals surface area (Å²) in [5, 5.41) is 7.78. The van der Waals surface area contributed by atoms with Crippen molar-refractivity contribution in [2.24, 2.45) is 0 Å². The predicted molar refractivity (Wildman–Crippen MR) is 82.7 cm³/mol. The minimum absolute atomic E-state index is 0.539. The molecule has 1 saturated heterocycles. The average molecular weight is 284 g/mol. The van der Waals surface area contributed by atoms with Crippen LogP contribution in [0.15, 0.2) is 37.4 Å². The molecule has 0 atom stereocenters. The third-order valence-electron chi connectivity index (χ3n) is 3.77. The standard InChI is InChI=1S/C15H20N6/c1-2-21-12-13(11-19-21)10-18-14-4-8-20(9-5-14)15-16-6-3-7-17-15/h2-3,6-7,11-12,14,18H,1,4-5,8-10H2. The maximum atomic E-state index is 4.31. The van der Waals surface area contributed by atoms with Crippen LogP contribution >= 0.6 is 0 Å². The summed E-state index contributed by atoms with van der Waals surface area (Å²) in [5.74, 6) is 0.836. The van der Waals surface area contributed by atoms with Crippen LogP contribution in [0, 0.1) is 0 Å². The van der Waals surface area contributed by atoms with Gasteiger partial charge in [-0.2, -0.15) is 5.10 Å². The molecule has 1 fully saturated rings. The molecule has 1 aliphatic heterocycles. The zero-order valence-corrected chi connectivity index (χ0v) is 12.0. The van der Waals surface area contributed by atoms with Crippen molar-refractivity contribution in [3.05, 3.63) is 43.0 Å². The van der Waals surface area contributed by atoms with Gasteiger partial charge in [0.1, 0.15) is 0 Å². The highest BCUT2D eigenvalue weighted by atomic mass is 15.3. The van der Waals surface area contributed by atoms with Gasteiger partial charge < -0.3 is 10.2 Å². The van der Waals surface area contributed by atoms with Crippen LogP contribution in [0.25, 0.3) is 6.20 Å². The van der Waals surface area contributed by atoms with Crippen molar-refractivity contribution in [2.75, 3.05) is 18.0 Å². The Labute approximate surface area is 124 Å². The SMILES string of the molecule is C=Cn1cc(CNC2CCN(c3ncccn3)CC2)cn1. The molecule has 0 amide bonds. The maximum absolute atomic E-state index is 4.31. The van der Waals surface area contributed by atoms with E-state index in [-0.39, 0.29) is 0 Å². The molecule has 0 aliphatic carbocycles. The minimum Gasteiger partial charge on any atom is -0.341 e. The first-order valence-corrected chi connectivity index (χ1v) is 7.26. The molecule has 3 rings (SSSR count). The lowest BCUT2D eigenvalue weighted by molar-refractivity contribution is 0.411. The molecular weight excluding hydrogens is 264 g/mol. The minimum atomic E-state index is 0.539. The number of hydrogen-bond donors (Lipinski definition) is 1. The van der Waals surface area contributed by atoms with E-state index in [0.29, 0.717) is 6.04 Å². The molecule has 0 saturated carbocycles. The fourth-order valence-electron chi connectivity index (χ4n) is 2.57. The number of piperidine rings is 1. The van der Waals surface area contributed by atoms with E-state index in [1.54, 1.807) is 23.3 Å². The number of rotatable bonds is 5. The van der Waals surface area contributed by atoms with Crippen LogP contribution in [-0.4, -0.2) is 38.9 Å². The van der Waals surface area contributed by atoms with Crippen LogP contribution in [0.1, 0.15) is 18.4 Å². The highest BCUT2D eigenvalue weighted by Gasteiger charge is 2.20. The van der Waals surface area contributed by atoms with Gasteiger partial charge in [0.15, 0.2) is 0 Å². The monoisotopic (exact) mass is 284 g/mol.